The Hall–Kier alpha value is -2.87. The molecule has 31 heavy (non-hydrogen) atoms. The molecule has 1 saturated heterocycles. The number of carbonyl (C=O) groups excluding carboxylic acids is 3. The Morgan fingerprint density at radius 3 is 2.45 bits per heavy atom. The fraction of sp³-hybridized carbons (Fsp3) is 0.348. The lowest BCUT2D eigenvalue weighted by Gasteiger charge is -2.27. The van der Waals surface area contributed by atoms with Crippen LogP contribution in [0.15, 0.2) is 53.0 Å². The van der Waals surface area contributed by atoms with Gasteiger partial charge in [0, 0.05) is 28.4 Å². The van der Waals surface area contributed by atoms with Crippen molar-refractivity contribution < 1.29 is 14.4 Å². The highest BCUT2D eigenvalue weighted by molar-refractivity contribution is 9.10. The lowest BCUT2D eigenvalue weighted by atomic mass is 9.92. The molecule has 8 heteroatoms. The zero-order chi connectivity index (χ0) is 22.8. The molecule has 7 nitrogen and oxygen atoms in total. The lowest BCUT2D eigenvalue weighted by Crippen LogP contribution is -2.42. The molecule has 2 aromatic rings. The topological polar surface area (TPSA) is 81.8 Å². The summed E-state index contributed by atoms with van der Waals surface area (Å²) >= 11 is 3.38. The van der Waals surface area contributed by atoms with E-state index >= 15 is 0 Å². The molecule has 1 heterocycles. The van der Waals surface area contributed by atoms with Crippen LogP contribution in [-0.4, -0.2) is 41.9 Å². The van der Waals surface area contributed by atoms with Crippen LogP contribution in [-0.2, 0) is 15.1 Å². The molecule has 164 valence electrons. The molecule has 0 bridgehead atoms. The first-order valence-corrected chi connectivity index (χ1v) is 11.0. The van der Waals surface area contributed by atoms with Crippen LogP contribution in [0.3, 0.4) is 0 Å². The van der Waals surface area contributed by atoms with Crippen LogP contribution in [0.5, 0.6) is 0 Å². The van der Waals surface area contributed by atoms with Gasteiger partial charge in [0.15, 0.2) is 0 Å². The summed E-state index contributed by atoms with van der Waals surface area (Å²) in [5.74, 6) is -0.900. The third kappa shape index (κ3) is 4.74. The second-order valence-corrected chi connectivity index (χ2v) is 8.85. The van der Waals surface area contributed by atoms with Gasteiger partial charge in [0.05, 0.1) is 0 Å². The van der Waals surface area contributed by atoms with Crippen molar-refractivity contribution in [3.63, 3.8) is 0 Å². The summed E-state index contributed by atoms with van der Waals surface area (Å²) in [7, 11) is 0. The first-order valence-electron chi connectivity index (χ1n) is 10.2. The molecule has 0 radical (unpaired) electrons. The summed E-state index contributed by atoms with van der Waals surface area (Å²) < 4.78 is 0.798. The Bertz CT molecular complexity index is 993. The number of anilines is 2. The summed E-state index contributed by atoms with van der Waals surface area (Å²) in [5.41, 5.74) is 1.09. The summed E-state index contributed by atoms with van der Waals surface area (Å²) in [5, 5.41) is 5.47. The molecule has 1 aliphatic rings. The molecule has 1 aliphatic heterocycles. The number of amides is 4. The first kappa shape index (κ1) is 22.8. The van der Waals surface area contributed by atoms with Gasteiger partial charge >= 0.3 is 6.03 Å². The van der Waals surface area contributed by atoms with E-state index in [1.807, 2.05) is 30.3 Å². The highest BCUT2D eigenvalue weighted by Crippen LogP contribution is 2.30. The van der Waals surface area contributed by atoms with Gasteiger partial charge in [-0.15, -0.1) is 0 Å². The number of imide groups is 1. The van der Waals surface area contributed by atoms with Gasteiger partial charge in [-0.2, -0.15) is 0 Å². The molecule has 4 amide bonds. The fourth-order valence-electron chi connectivity index (χ4n) is 3.76. The largest absolute Gasteiger partial charge is 0.369 e. The zero-order valence-electron chi connectivity index (χ0n) is 18.1. The third-order valence-corrected chi connectivity index (χ3v) is 5.92. The maximum absolute atomic E-state index is 13.0. The minimum absolute atomic E-state index is 0.358. The summed E-state index contributed by atoms with van der Waals surface area (Å²) in [6, 6.07) is 14.5. The van der Waals surface area contributed by atoms with Crippen LogP contribution >= 0.6 is 15.9 Å². The monoisotopic (exact) mass is 486 g/mol. The van der Waals surface area contributed by atoms with Crippen molar-refractivity contribution in [3.8, 4) is 0 Å². The van der Waals surface area contributed by atoms with Crippen LogP contribution in [0.4, 0.5) is 16.2 Å². The van der Waals surface area contributed by atoms with Gasteiger partial charge in [0.2, 0.25) is 5.91 Å². The van der Waals surface area contributed by atoms with Crippen molar-refractivity contribution in [3.05, 3.63) is 58.6 Å². The second-order valence-electron chi connectivity index (χ2n) is 7.93. The van der Waals surface area contributed by atoms with Crippen LogP contribution in [0.25, 0.3) is 0 Å². The Morgan fingerprint density at radius 2 is 1.87 bits per heavy atom. The van der Waals surface area contributed by atoms with E-state index in [-0.39, 0.29) is 6.54 Å². The normalized spacial score (nSPS) is 18.3. The summed E-state index contributed by atoms with van der Waals surface area (Å²) in [6.45, 7) is 8.50. The molecule has 2 aromatic carbocycles. The van der Waals surface area contributed by atoms with Crippen molar-refractivity contribution in [1.82, 2.24) is 10.2 Å². The van der Waals surface area contributed by atoms with Crippen molar-refractivity contribution in [1.29, 1.82) is 0 Å². The molecule has 3 rings (SSSR count). The van der Waals surface area contributed by atoms with E-state index in [1.165, 1.54) is 0 Å². The molecule has 0 saturated carbocycles. The van der Waals surface area contributed by atoms with Gasteiger partial charge in [-0.3, -0.25) is 14.5 Å². The number of halogens is 1. The molecule has 0 aromatic heterocycles. The van der Waals surface area contributed by atoms with Crippen molar-refractivity contribution >= 4 is 45.2 Å². The van der Waals surface area contributed by atoms with Crippen LogP contribution in [0.1, 0.15) is 33.3 Å². The fourth-order valence-corrected chi connectivity index (χ4v) is 4.16. The predicted molar refractivity (Wildman–Crippen MR) is 125 cm³/mol. The number of nitrogens with zero attached hydrogens (tertiary/aromatic N) is 2. The minimum Gasteiger partial charge on any atom is -0.369 e. The van der Waals surface area contributed by atoms with Crippen LogP contribution < -0.4 is 15.5 Å². The van der Waals surface area contributed by atoms with Gasteiger partial charge in [-0.1, -0.05) is 28.1 Å². The molecule has 0 unspecified atom stereocenters. The second kappa shape index (κ2) is 9.09. The Morgan fingerprint density at radius 1 is 1.19 bits per heavy atom. The maximum Gasteiger partial charge on any atom is 0.325 e. The first-order chi connectivity index (χ1) is 14.7. The van der Waals surface area contributed by atoms with Gasteiger partial charge in [-0.05, 0) is 69.7 Å². The van der Waals surface area contributed by atoms with E-state index in [9.17, 15) is 14.4 Å². The lowest BCUT2D eigenvalue weighted by molar-refractivity contribution is -0.133. The summed E-state index contributed by atoms with van der Waals surface area (Å²) in [4.78, 5) is 41.2. The van der Waals surface area contributed by atoms with Gasteiger partial charge < -0.3 is 15.5 Å². The molecular weight excluding hydrogens is 460 g/mol. The molecule has 0 spiro atoms. The van der Waals surface area contributed by atoms with Crippen LogP contribution in [0, 0.1) is 0 Å². The van der Waals surface area contributed by atoms with E-state index < -0.39 is 23.4 Å². The molecule has 2 N–H and O–H groups in total. The van der Waals surface area contributed by atoms with Crippen molar-refractivity contribution in [2.24, 2.45) is 0 Å². The van der Waals surface area contributed by atoms with E-state index in [2.05, 4.69) is 52.2 Å². The third-order valence-electron chi connectivity index (χ3n) is 5.43. The van der Waals surface area contributed by atoms with E-state index in [0.717, 1.165) is 21.6 Å². The highest BCUT2D eigenvalue weighted by Gasteiger charge is 2.49. The van der Waals surface area contributed by atoms with E-state index in [1.54, 1.807) is 25.1 Å². The molecule has 1 fully saturated rings. The Balaban J connectivity index is 1.68. The number of nitrogens with one attached hydrogen (secondary N) is 2. The van der Waals surface area contributed by atoms with Crippen LogP contribution in [0.2, 0.25) is 0 Å². The summed E-state index contributed by atoms with van der Waals surface area (Å²) in [6.07, 6.45) is 0. The minimum atomic E-state index is -1.22. The number of hydrogen-bond donors (Lipinski definition) is 2. The zero-order valence-corrected chi connectivity index (χ0v) is 19.7. The van der Waals surface area contributed by atoms with Crippen molar-refractivity contribution in [2.45, 2.75) is 39.3 Å². The number of hydrogen-bond acceptors (Lipinski definition) is 4. The van der Waals surface area contributed by atoms with E-state index in [4.69, 9.17) is 0 Å². The Labute approximate surface area is 190 Å². The Kier molecular flexibility index (Phi) is 6.69. The number of urea groups is 1. The number of rotatable bonds is 7. The van der Waals surface area contributed by atoms with Gasteiger partial charge in [-0.25, -0.2) is 4.79 Å². The van der Waals surface area contributed by atoms with Gasteiger partial charge in [0.25, 0.3) is 5.91 Å². The predicted octanol–water partition coefficient (Wildman–Crippen LogP) is 4.09. The number of carbonyl (C=O) groups is 3. The van der Waals surface area contributed by atoms with E-state index in [0.29, 0.717) is 17.3 Å². The highest BCUT2D eigenvalue weighted by atomic mass is 79.9. The standard InChI is InChI=1S/C23H27BrN4O3/c1-5-27(15(2)3)19-11-9-18(10-12-19)25-20(29)14-28-21(30)23(4,26-22(28)31)16-7-6-8-17(24)13-16/h6-13,15H,5,14H2,1-4H3,(H,25,29)(H,26,31)/t23-/m1/s1. The smallest absolute Gasteiger partial charge is 0.325 e. The molecule has 1 atom stereocenters. The molecular formula is C23H27BrN4O3. The quantitative estimate of drug-likeness (QED) is 0.577. The van der Waals surface area contributed by atoms with Gasteiger partial charge in [0.1, 0.15) is 12.1 Å². The average molecular weight is 487 g/mol. The SMILES string of the molecule is CCN(c1ccc(NC(=O)CN2C(=O)N[C@](C)(c3cccc(Br)c3)C2=O)cc1)C(C)C. The van der Waals surface area contributed by atoms with Crippen molar-refractivity contribution in [2.75, 3.05) is 23.3 Å². The number of benzene rings is 2. The maximum atomic E-state index is 13.0. The average Bonchev–Trinajstić information content (AvgIpc) is 2.93. The molecule has 0 aliphatic carbocycles.